The lowest BCUT2D eigenvalue weighted by molar-refractivity contribution is 1.60. The molecule has 0 atom stereocenters. The van der Waals surface area contributed by atoms with Crippen LogP contribution in [0.5, 0.6) is 0 Å². The molecule has 0 aliphatic carbocycles. The van der Waals surface area contributed by atoms with Crippen molar-refractivity contribution in [3.8, 4) is 0 Å². The molecule has 1 aliphatic heterocycles. The van der Waals surface area contributed by atoms with E-state index in [1.54, 1.807) is 0 Å². The molecule has 0 fully saturated rings. The Morgan fingerprint density at radius 2 is 2.57 bits per heavy atom. The highest BCUT2D eigenvalue weighted by Gasteiger charge is 2.08. The molecule has 1 nitrogen and oxygen atoms in total. The second-order valence-corrected chi connectivity index (χ2v) is 1.90. The molecule has 0 aromatic carbocycles. The maximum atomic E-state index is 4.05. The van der Waals surface area contributed by atoms with E-state index in [4.69, 9.17) is 0 Å². The number of aliphatic imine (C=N–C) groups is 1. The Labute approximate surface area is 45.0 Å². The summed E-state index contributed by atoms with van der Waals surface area (Å²) in [5.74, 6) is 2.09. The average Bonchev–Trinajstić information content (AvgIpc) is 1.91. The van der Waals surface area contributed by atoms with Crippen molar-refractivity contribution in [2.75, 3.05) is 0 Å². The molecule has 0 N–H and O–H groups in total. The van der Waals surface area contributed by atoms with Crippen LogP contribution in [0.1, 0.15) is 6.92 Å². The summed E-state index contributed by atoms with van der Waals surface area (Å²) in [6.07, 6.45) is 1.86. The van der Waals surface area contributed by atoms with Gasteiger partial charge in [0, 0.05) is 6.20 Å². The number of hydrogen-bond donors (Lipinski definition) is 0. The van der Waals surface area contributed by atoms with Gasteiger partial charge in [-0.25, -0.2) is 0 Å². The Morgan fingerprint density at radius 1 is 1.86 bits per heavy atom. The van der Waals surface area contributed by atoms with E-state index in [0.29, 0.717) is 6.60 Å². The summed E-state index contributed by atoms with van der Waals surface area (Å²) >= 11 is 0. The maximum absolute atomic E-state index is 4.05. The number of hydrogen-bond acceptors (Lipinski definition) is 1. The monoisotopic (exact) mass is 91.1 g/mol. The highest BCUT2D eigenvalue weighted by molar-refractivity contribution is 7.24. The fourth-order valence-corrected chi connectivity index (χ4v) is 0.547. The van der Waals surface area contributed by atoms with Crippen molar-refractivity contribution in [3.05, 3.63) is 12.2 Å². The quantitative estimate of drug-likeness (QED) is 0.362. The average molecular weight is 90.7 g/mol. The van der Waals surface area contributed by atoms with Gasteiger partial charge in [-0.15, -0.1) is 0 Å². The van der Waals surface area contributed by atoms with Crippen LogP contribution in [0.4, 0.5) is 0 Å². The molecule has 0 spiro atoms. The normalized spacial score (nSPS) is 17.9. The standard InChI is InChI=1S/C4H7B2N/c1-4-6(5)2-3-7-4/h2-3H,5H2,1H3. The van der Waals surface area contributed by atoms with Crippen molar-refractivity contribution >= 4 is 20.0 Å². The van der Waals surface area contributed by atoms with Crippen LogP contribution < -0.4 is 0 Å². The molecule has 0 unspecified atom stereocenters. The fourth-order valence-electron chi connectivity index (χ4n) is 0.547. The van der Waals surface area contributed by atoms with E-state index < -0.39 is 0 Å². The van der Waals surface area contributed by atoms with E-state index in [2.05, 4.69) is 18.7 Å². The first-order valence-corrected chi connectivity index (χ1v) is 2.51. The van der Waals surface area contributed by atoms with Gasteiger partial charge in [0.25, 0.3) is 0 Å². The van der Waals surface area contributed by atoms with Gasteiger partial charge in [0.2, 0.25) is 0 Å². The lowest BCUT2D eigenvalue weighted by atomic mass is 9.31. The molecule has 0 aromatic heterocycles. The minimum atomic E-state index is 0.583. The maximum Gasteiger partial charge on any atom is 0.181 e. The van der Waals surface area contributed by atoms with Crippen molar-refractivity contribution in [2.24, 2.45) is 4.99 Å². The SMILES string of the molecule is BB1C=CN=C1C. The van der Waals surface area contributed by atoms with E-state index in [1.807, 2.05) is 13.1 Å². The molecule has 0 bridgehead atoms. The highest BCUT2D eigenvalue weighted by atomic mass is 14.7. The number of nitrogens with zero attached hydrogens (tertiary/aromatic N) is 1. The largest absolute Gasteiger partial charge is 0.277 e. The lowest BCUT2D eigenvalue weighted by Crippen LogP contribution is -2.17. The summed E-state index contributed by atoms with van der Waals surface area (Å²) in [4.78, 5) is 4.05. The first-order valence-electron chi connectivity index (χ1n) is 2.51. The molecule has 0 saturated heterocycles. The van der Waals surface area contributed by atoms with Gasteiger partial charge >= 0.3 is 0 Å². The van der Waals surface area contributed by atoms with Gasteiger partial charge in [-0.1, -0.05) is 5.98 Å². The van der Waals surface area contributed by atoms with Gasteiger partial charge in [-0.05, 0) is 12.5 Å². The topological polar surface area (TPSA) is 12.4 Å². The van der Waals surface area contributed by atoms with Crippen LogP contribution in [0.15, 0.2) is 17.2 Å². The third-order valence-corrected chi connectivity index (χ3v) is 1.31. The summed E-state index contributed by atoms with van der Waals surface area (Å²) < 4.78 is 0. The van der Waals surface area contributed by atoms with Gasteiger partial charge in [-0.3, -0.25) is 4.99 Å². The minimum absolute atomic E-state index is 0.583. The Morgan fingerprint density at radius 3 is 2.71 bits per heavy atom. The summed E-state index contributed by atoms with van der Waals surface area (Å²) in [7, 11) is 2.14. The Bertz CT molecular complexity index is 128. The van der Waals surface area contributed by atoms with Crippen LogP contribution in [-0.2, 0) is 0 Å². The molecule has 7 heavy (non-hydrogen) atoms. The first-order chi connectivity index (χ1) is 3.30. The Kier molecular flexibility index (Phi) is 1.05. The van der Waals surface area contributed by atoms with Crippen LogP contribution in [-0.4, -0.2) is 20.0 Å². The van der Waals surface area contributed by atoms with E-state index in [-0.39, 0.29) is 0 Å². The second-order valence-electron chi connectivity index (χ2n) is 1.90. The summed E-state index contributed by atoms with van der Waals surface area (Å²) in [6, 6.07) is 0. The molecule has 0 aromatic rings. The van der Waals surface area contributed by atoms with Gasteiger partial charge in [0.15, 0.2) is 6.60 Å². The van der Waals surface area contributed by atoms with Crippen molar-refractivity contribution in [2.45, 2.75) is 6.92 Å². The predicted octanol–water partition coefficient (Wildman–Crippen LogP) is -0.322. The molecule has 34 valence electrons. The Hall–Kier alpha value is -0.460. The van der Waals surface area contributed by atoms with Gasteiger partial charge < -0.3 is 0 Å². The van der Waals surface area contributed by atoms with Crippen LogP contribution in [0, 0.1) is 0 Å². The summed E-state index contributed by atoms with van der Waals surface area (Å²) in [6.45, 7) is 2.63. The van der Waals surface area contributed by atoms with Crippen molar-refractivity contribution < 1.29 is 0 Å². The van der Waals surface area contributed by atoms with Crippen LogP contribution in [0.25, 0.3) is 0 Å². The zero-order chi connectivity index (χ0) is 5.28. The lowest BCUT2D eigenvalue weighted by Gasteiger charge is -1.88. The first kappa shape index (κ1) is 4.69. The molecule has 1 aliphatic rings. The van der Waals surface area contributed by atoms with Gasteiger partial charge in [0.05, 0.1) is 7.74 Å². The molecule has 0 amide bonds. The van der Waals surface area contributed by atoms with E-state index in [0.717, 1.165) is 0 Å². The number of rotatable bonds is 0. The zero-order valence-corrected chi connectivity index (χ0v) is 4.68. The predicted molar refractivity (Wildman–Crippen MR) is 36.5 cm³/mol. The van der Waals surface area contributed by atoms with Crippen molar-refractivity contribution in [1.82, 2.24) is 0 Å². The van der Waals surface area contributed by atoms with Crippen molar-refractivity contribution in [1.29, 1.82) is 0 Å². The minimum Gasteiger partial charge on any atom is -0.277 e. The third-order valence-electron chi connectivity index (χ3n) is 1.31. The molecule has 0 radical (unpaired) electrons. The summed E-state index contributed by atoms with van der Waals surface area (Å²) in [5.41, 5.74) is 1.22. The van der Waals surface area contributed by atoms with Gasteiger partial charge in [0.1, 0.15) is 0 Å². The third kappa shape index (κ3) is 0.763. The fraction of sp³-hybridized carbons (Fsp3) is 0.250. The van der Waals surface area contributed by atoms with Crippen LogP contribution >= 0.6 is 0 Å². The highest BCUT2D eigenvalue weighted by Crippen LogP contribution is 1.94. The molecule has 1 rings (SSSR count). The van der Waals surface area contributed by atoms with E-state index >= 15 is 0 Å². The van der Waals surface area contributed by atoms with Crippen LogP contribution in [0.2, 0.25) is 0 Å². The van der Waals surface area contributed by atoms with Gasteiger partial charge in [-0.2, -0.15) is 0 Å². The molecule has 3 heteroatoms. The molecule has 1 heterocycles. The van der Waals surface area contributed by atoms with E-state index in [1.165, 1.54) is 5.61 Å². The van der Waals surface area contributed by atoms with Crippen molar-refractivity contribution in [3.63, 3.8) is 0 Å². The summed E-state index contributed by atoms with van der Waals surface area (Å²) in [5, 5.41) is 0. The van der Waals surface area contributed by atoms with E-state index in [9.17, 15) is 0 Å². The zero-order valence-electron chi connectivity index (χ0n) is 4.68. The van der Waals surface area contributed by atoms with Crippen LogP contribution in [0.3, 0.4) is 0 Å². The molecule has 0 saturated carbocycles. The molecular weight excluding hydrogens is 83.7 g/mol. The molecular formula is C4H7B2N. The smallest absolute Gasteiger partial charge is 0.181 e. The Balaban J connectivity index is 2.69. The second kappa shape index (κ2) is 1.57.